The number of carboxylic acid groups (broad SMARTS) is 2. The zero-order valence-electron chi connectivity index (χ0n) is 9.80. The summed E-state index contributed by atoms with van der Waals surface area (Å²) >= 11 is 0. The maximum atomic E-state index is 10.8. The number of aliphatic carboxylic acids is 2. The Morgan fingerprint density at radius 1 is 1.00 bits per heavy atom. The Kier molecular flexibility index (Phi) is 3.94. The van der Waals surface area contributed by atoms with Crippen molar-refractivity contribution in [3.05, 3.63) is 42.0 Å². The first-order chi connectivity index (χ1) is 9.08. The van der Waals surface area contributed by atoms with Gasteiger partial charge in [-0.3, -0.25) is 0 Å². The maximum Gasteiger partial charge on any atom is 0.336 e. The van der Waals surface area contributed by atoms with Crippen LogP contribution in [0.25, 0.3) is 6.08 Å². The lowest BCUT2D eigenvalue weighted by Gasteiger charge is -2.06. The fourth-order valence-electron chi connectivity index (χ4n) is 1.68. The minimum Gasteiger partial charge on any atom is -0.479 e. The van der Waals surface area contributed by atoms with Gasteiger partial charge in [-0.15, -0.1) is 0 Å². The summed E-state index contributed by atoms with van der Waals surface area (Å²) in [5.41, 5.74) is 0.875. The van der Waals surface area contributed by atoms with Crippen LogP contribution >= 0.6 is 0 Å². The summed E-state index contributed by atoms with van der Waals surface area (Å²) in [7, 11) is 0. The van der Waals surface area contributed by atoms with Crippen LogP contribution in [-0.4, -0.2) is 40.6 Å². The fraction of sp³-hybridized carbons (Fsp3) is 0.231. The normalized spacial score (nSPS) is 26.6. The Balaban J connectivity index is 2.06. The minimum absolute atomic E-state index is 0.875. The Labute approximate surface area is 108 Å². The molecule has 2 N–H and O–H groups in total. The Bertz CT molecular complexity index is 473. The van der Waals surface area contributed by atoms with Crippen molar-refractivity contribution in [3.63, 3.8) is 0 Å². The number of benzene rings is 1. The van der Waals surface area contributed by atoms with E-state index in [4.69, 9.17) is 19.7 Å². The first kappa shape index (κ1) is 13.3. The van der Waals surface area contributed by atoms with Crippen molar-refractivity contribution in [2.24, 2.45) is 0 Å². The van der Waals surface area contributed by atoms with Crippen LogP contribution in [-0.2, 0) is 19.1 Å². The molecule has 19 heavy (non-hydrogen) atoms. The van der Waals surface area contributed by atoms with Gasteiger partial charge >= 0.3 is 11.9 Å². The molecule has 100 valence electrons. The number of ether oxygens (including phenoxy) is 2. The third-order valence-electron chi connectivity index (χ3n) is 2.57. The molecule has 0 aromatic heterocycles. The van der Waals surface area contributed by atoms with Gasteiger partial charge in [0.05, 0.1) is 0 Å². The van der Waals surface area contributed by atoms with Gasteiger partial charge in [-0.2, -0.15) is 0 Å². The first-order valence-corrected chi connectivity index (χ1v) is 5.57. The van der Waals surface area contributed by atoms with Crippen molar-refractivity contribution >= 4 is 18.0 Å². The van der Waals surface area contributed by atoms with E-state index < -0.39 is 30.4 Å². The maximum absolute atomic E-state index is 10.8. The van der Waals surface area contributed by atoms with Gasteiger partial charge < -0.3 is 19.7 Å². The second-order valence-corrected chi connectivity index (χ2v) is 3.93. The monoisotopic (exact) mass is 264 g/mol. The SMILES string of the molecule is O=C(O)C1OC(/C=C/c2ccccc2)O[C@H]1C(=O)O. The van der Waals surface area contributed by atoms with Crippen LogP contribution in [0.4, 0.5) is 0 Å². The molecule has 1 aromatic carbocycles. The van der Waals surface area contributed by atoms with Gasteiger partial charge in [0, 0.05) is 0 Å². The Morgan fingerprint density at radius 2 is 1.53 bits per heavy atom. The molecule has 0 radical (unpaired) electrons. The highest BCUT2D eigenvalue weighted by molar-refractivity contribution is 5.84. The molecule has 0 aliphatic carbocycles. The Morgan fingerprint density at radius 3 is 2.00 bits per heavy atom. The highest BCUT2D eigenvalue weighted by atomic mass is 16.7. The molecule has 2 rings (SSSR count). The first-order valence-electron chi connectivity index (χ1n) is 5.57. The second-order valence-electron chi connectivity index (χ2n) is 3.93. The van der Waals surface area contributed by atoms with Crippen LogP contribution in [0.1, 0.15) is 5.56 Å². The summed E-state index contributed by atoms with van der Waals surface area (Å²) in [5, 5.41) is 17.7. The van der Waals surface area contributed by atoms with Crippen molar-refractivity contribution in [2.45, 2.75) is 18.5 Å². The van der Waals surface area contributed by atoms with Crippen LogP contribution in [0.3, 0.4) is 0 Å². The summed E-state index contributed by atoms with van der Waals surface area (Å²) in [4.78, 5) is 21.7. The number of rotatable bonds is 4. The van der Waals surface area contributed by atoms with Gasteiger partial charge in [0.25, 0.3) is 0 Å². The van der Waals surface area contributed by atoms with Crippen LogP contribution < -0.4 is 0 Å². The molecule has 1 fully saturated rings. The van der Waals surface area contributed by atoms with E-state index in [0.717, 1.165) is 5.56 Å². The largest absolute Gasteiger partial charge is 0.479 e. The molecule has 1 aromatic rings. The lowest BCUT2D eigenvalue weighted by Crippen LogP contribution is -2.36. The number of carboxylic acids is 2. The summed E-state index contributed by atoms with van der Waals surface area (Å²) in [6.45, 7) is 0. The van der Waals surface area contributed by atoms with Gasteiger partial charge in [0.15, 0.2) is 18.5 Å². The number of hydrogen-bond acceptors (Lipinski definition) is 4. The topological polar surface area (TPSA) is 93.1 Å². The van der Waals surface area contributed by atoms with Crippen molar-refractivity contribution in [3.8, 4) is 0 Å². The van der Waals surface area contributed by atoms with Gasteiger partial charge in [-0.1, -0.05) is 36.4 Å². The summed E-state index contributed by atoms with van der Waals surface area (Å²) in [6.07, 6.45) is -0.824. The predicted molar refractivity (Wildman–Crippen MR) is 64.3 cm³/mol. The van der Waals surface area contributed by atoms with E-state index in [-0.39, 0.29) is 0 Å². The van der Waals surface area contributed by atoms with Crippen LogP contribution in [0, 0.1) is 0 Å². The van der Waals surface area contributed by atoms with Crippen molar-refractivity contribution in [1.29, 1.82) is 0 Å². The standard InChI is InChI=1S/C13H12O6/c14-12(15)10-11(13(16)17)19-9(18-10)7-6-8-4-2-1-3-5-8/h1-7,9-11H,(H,14,15)(H,16,17)/b7-6+/t9?,10-,11?/m1/s1. The molecule has 0 bridgehead atoms. The summed E-state index contributed by atoms with van der Waals surface area (Å²) < 4.78 is 10.1. The van der Waals surface area contributed by atoms with E-state index in [2.05, 4.69) is 0 Å². The molecular formula is C13H12O6. The van der Waals surface area contributed by atoms with Gasteiger partial charge in [-0.05, 0) is 11.6 Å². The third kappa shape index (κ3) is 3.18. The van der Waals surface area contributed by atoms with Crippen LogP contribution in [0.15, 0.2) is 36.4 Å². The molecule has 6 heteroatoms. The zero-order valence-corrected chi connectivity index (χ0v) is 9.80. The number of hydrogen-bond donors (Lipinski definition) is 2. The van der Waals surface area contributed by atoms with E-state index in [1.807, 2.05) is 30.3 Å². The highest BCUT2D eigenvalue weighted by Crippen LogP contribution is 2.21. The van der Waals surface area contributed by atoms with Crippen molar-refractivity contribution < 1.29 is 29.3 Å². The fourth-order valence-corrected chi connectivity index (χ4v) is 1.68. The van der Waals surface area contributed by atoms with Gasteiger partial charge in [0.2, 0.25) is 0 Å². The molecule has 0 spiro atoms. The molecule has 0 amide bonds. The van der Waals surface area contributed by atoms with E-state index in [1.54, 1.807) is 6.08 Å². The molecule has 3 atom stereocenters. The number of carbonyl (C=O) groups is 2. The van der Waals surface area contributed by atoms with Crippen LogP contribution in [0.2, 0.25) is 0 Å². The minimum atomic E-state index is -1.50. The molecule has 6 nitrogen and oxygen atoms in total. The molecular weight excluding hydrogens is 252 g/mol. The molecule has 1 aliphatic heterocycles. The average Bonchev–Trinajstić information content (AvgIpc) is 2.82. The third-order valence-corrected chi connectivity index (χ3v) is 2.57. The van der Waals surface area contributed by atoms with Gasteiger partial charge in [0.1, 0.15) is 0 Å². The highest BCUT2D eigenvalue weighted by Gasteiger charge is 2.44. The van der Waals surface area contributed by atoms with Crippen LogP contribution in [0.5, 0.6) is 0 Å². The molecule has 2 unspecified atom stereocenters. The van der Waals surface area contributed by atoms with E-state index >= 15 is 0 Å². The lowest BCUT2D eigenvalue weighted by molar-refractivity contribution is -0.156. The predicted octanol–water partition coefficient (Wildman–Crippen LogP) is 0.979. The molecule has 1 saturated heterocycles. The molecule has 1 aliphatic rings. The summed E-state index contributed by atoms with van der Waals surface area (Å²) in [6, 6.07) is 9.23. The zero-order chi connectivity index (χ0) is 13.8. The Hall–Kier alpha value is -2.18. The van der Waals surface area contributed by atoms with Crippen molar-refractivity contribution in [2.75, 3.05) is 0 Å². The van der Waals surface area contributed by atoms with E-state index in [1.165, 1.54) is 6.08 Å². The quantitative estimate of drug-likeness (QED) is 0.842. The second kappa shape index (κ2) is 5.64. The molecule has 0 saturated carbocycles. The van der Waals surface area contributed by atoms with Gasteiger partial charge in [-0.25, -0.2) is 9.59 Å². The van der Waals surface area contributed by atoms with Crippen molar-refractivity contribution in [1.82, 2.24) is 0 Å². The molecule has 1 heterocycles. The lowest BCUT2D eigenvalue weighted by atomic mass is 10.2. The summed E-state index contributed by atoms with van der Waals surface area (Å²) in [5.74, 6) is -2.72. The smallest absolute Gasteiger partial charge is 0.336 e. The van der Waals surface area contributed by atoms with E-state index in [0.29, 0.717) is 0 Å². The van der Waals surface area contributed by atoms with E-state index in [9.17, 15) is 9.59 Å². The average molecular weight is 264 g/mol.